The van der Waals surface area contributed by atoms with Crippen molar-refractivity contribution in [3.63, 3.8) is 0 Å². The standard InChI is InChI=1S/C18H33N5O/c1-4-19-18(22(3)15-16-7-5-11-21(16)2)20-10-6-12-23-13-8-17(24)9-14-23/h5,7,11,17,24H,4,6,8-10,12-15H2,1-3H3,(H,19,20). The van der Waals surface area contributed by atoms with E-state index in [-0.39, 0.29) is 6.10 Å². The molecule has 0 aromatic carbocycles. The van der Waals surface area contributed by atoms with Crippen LogP contribution in [0.25, 0.3) is 0 Å². The first kappa shape index (κ1) is 18.8. The third-order valence-corrected chi connectivity index (χ3v) is 4.60. The van der Waals surface area contributed by atoms with Gasteiger partial charge in [0.2, 0.25) is 0 Å². The lowest BCUT2D eigenvalue weighted by molar-refractivity contribution is 0.0824. The molecule has 136 valence electrons. The summed E-state index contributed by atoms with van der Waals surface area (Å²) in [5, 5.41) is 12.9. The van der Waals surface area contributed by atoms with Gasteiger partial charge in [0.1, 0.15) is 0 Å². The summed E-state index contributed by atoms with van der Waals surface area (Å²) in [7, 11) is 4.16. The number of guanidine groups is 1. The van der Waals surface area contributed by atoms with Gasteiger partial charge in [0.15, 0.2) is 5.96 Å². The fourth-order valence-corrected chi connectivity index (χ4v) is 3.07. The van der Waals surface area contributed by atoms with Crippen molar-refractivity contribution in [1.82, 2.24) is 19.7 Å². The van der Waals surface area contributed by atoms with Crippen LogP contribution in [0.5, 0.6) is 0 Å². The summed E-state index contributed by atoms with van der Waals surface area (Å²) in [6.07, 6.45) is 4.85. The molecule has 0 radical (unpaired) electrons. The lowest BCUT2D eigenvalue weighted by atomic mass is 10.1. The summed E-state index contributed by atoms with van der Waals surface area (Å²) in [4.78, 5) is 9.38. The second kappa shape index (κ2) is 9.69. The van der Waals surface area contributed by atoms with Crippen LogP contribution in [0.4, 0.5) is 0 Å². The van der Waals surface area contributed by atoms with Gasteiger partial charge in [-0.1, -0.05) is 0 Å². The SMILES string of the molecule is CCNC(=NCCCN1CCC(O)CC1)N(C)Cc1cccn1C. The van der Waals surface area contributed by atoms with Crippen LogP contribution in [-0.4, -0.2) is 71.3 Å². The maximum absolute atomic E-state index is 9.55. The van der Waals surface area contributed by atoms with Gasteiger partial charge in [0.05, 0.1) is 12.6 Å². The molecule has 2 N–H and O–H groups in total. The molecule has 0 amide bonds. The second-order valence-corrected chi connectivity index (χ2v) is 6.63. The minimum atomic E-state index is -0.0919. The van der Waals surface area contributed by atoms with Gasteiger partial charge in [0.25, 0.3) is 0 Å². The molecule has 6 heteroatoms. The minimum Gasteiger partial charge on any atom is -0.393 e. The van der Waals surface area contributed by atoms with Gasteiger partial charge in [-0.25, -0.2) is 0 Å². The Kier molecular flexibility index (Phi) is 7.59. The molecule has 1 aliphatic rings. The molecule has 2 rings (SSSR count). The summed E-state index contributed by atoms with van der Waals surface area (Å²) >= 11 is 0. The molecule has 1 saturated heterocycles. The molecule has 1 aromatic heterocycles. The summed E-state index contributed by atoms with van der Waals surface area (Å²) in [5.41, 5.74) is 1.27. The monoisotopic (exact) mass is 335 g/mol. The van der Waals surface area contributed by atoms with E-state index < -0.39 is 0 Å². The number of hydrogen-bond donors (Lipinski definition) is 2. The minimum absolute atomic E-state index is 0.0919. The number of aliphatic imine (C=N–C) groups is 1. The first-order valence-corrected chi connectivity index (χ1v) is 9.10. The molecule has 0 unspecified atom stereocenters. The van der Waals surface area contributed by atoms with Crippen LogP contribution in [0, 0.1) is 0 Å². The van der Waals surface area contributed by atoms with Crippen LogP contribution >= 0.6 is 0 Å². The molecule has 0 spiro atoms. The molecule has 6 nitrogen and oxygen atoms in total. The molecule has 1 aromatic rings. The predicted molar refractivity (Wildman–Crippen MR) is 99.2 cm³/mol. The number of likely N-dealkylation sites (tertiary alicyclic amines) is 1. The Morgan fingerprint density at radius 1 is 1.42 bits per heavy atom. The van der Waals surface area contributed by atoms with Crippen molar-refractivity contribution in [2.75, 3.05) is 39.8 Å². The normalized spacial score (nSPS) is 17.2. The number of aliphatic hydroxyl groups excluding tert-OH is 1. The van der Waals surface area contributed by atoms with E-state index in [4.69, 9.17) is 4.99 Å². The number of aliphatic hydroxyl groups is 1. The number of hydrogen-bond acceptors (Lipinski definition) is 3. The van der Waals surface area contributed by atoms with Gasteiger partial charge in [-0.2, -0.15) is 0 Å². The second-order valence-electron chi connectivity index (χ2n) is 6.63. The zero-order chi connectivity index (χ0) is 17.4. The number of nitrogens with one attached hydrogen (secondary N) is 1. The van der Waals surface area contributed by atoms with Crippen molar-refractivity contribution >= 4 is 5.96 Å². The van der Waals surface area contributed by atoms with Crippen LogP contribution in [0.2, 0.25) is 0 Å². The third kappa shape index (κ3) is 5.83. The number of piperidine rings is 1. The molecule has 24 heavy (non-hydrogen) atoms. The Labute approximate surface area is 146 Å². The molecule has 0 aliphatic carbocycles. The van der Waals surface area contributed by atoms with E-state index in [0.29, 0.717) is 0 Å². The van der Waals surface area contributed by atoms with Gasteiger partial charge < -0.3 is 24.8 Å². The summed E-state index contributed by atoms with van der Waals surface area (Å²) in [6, 6.07) is 4.22. The fraction of sp³-hybridized carbons (Fsp3) is 0.722. The Hall–Kier alpha value is -1.53. The van der Waals surface area contributed by atoms with Crippen LogP contribution in [-0.2, 0) is 13.6 Å². The molecule has 1 fully saturated rings. The molecule has 0 saturated carbocycles. The van der Waals surface area contributed by atoms with E-state index in [2.05, 4.69) is 59.0 Å². The van der Waals surface area contributed by atoms with Crippen molar-refractivity contribution in [2.24, 2.45) is 12.0 Å². The Morgan fingerprint density at radius 2 is 2.17 bits per heavy atom. The molecular formula is C18H33N5O. The quantitative estimate of drug-likeness (QED) is 0.448. The Bertz CT molecular complexity index is 505. The molecule has 1 aliphatic heterocycles. The first-order valence-electron chi connectivity index (χ1n) is 9.10. The zero-order valence-electron chi connectivity index (χ0n) is 15.4. The highest BCUT2D eigenvalue weighted by molar-refractivity contribution is 5.79. The van der Waals surface area contributed by atoms with E-state index in [0.717, 1.165) is 64.5 Å². The summed E-state index contributed by atoms with van der Waals surface area (Å²) < 4.78 is 2.14. The van der Waals surface area contributed by atoms with E-state index >= 15 is 0 Å². The highest BCUT2D eigenvalue weighted by atomic mass is 16.3. The summed E-state index contributed by atoms with van der Waals surface area (Å²) in [6.45, 7) is 7.75. The molecule has 2 heterocycles. The van der Waals surface area contributed by atoms with Gasteiger partial charge in [-0.05, 0) is 44.9 Å². The maximum Gasteiger partial charge on any atom is 0.194 e. The largest absolute Gasteiger partial charge is 0.393 e. The van der Waals surface area contributed by atoms with Crippen LogP contribution in [0.1, 0.15) is 31.9 Å². The third-order valence-electron chi connectivity index (χ3n) is 4.60. The average molecular weight is 335 g/mol. The topological polar surface area (TPSA) is 56.0 Å². The van der Waals surface area contributed by atoms with Crippen LogP contribution < -0.4 is 5.32 Å². The summed E-state index contributed by atoms with van der Waals surface area (Å²) in [5.74, 6) is 0.966. The lowest BCUT2D eigenvalue weighted by Gasteiger charge is -2.29. The maximum atomic E-state index is 9.55. The lowest BCUT2D eigenvalue weighted by Crippen LogP contribution is -2.39. The van der Waals surface area contributed by atoms with Crippen molar-refractivity contribution < 1.29 is 5.11 Å². The van der Waals surface area contributed by atoms with Crippen molar-refractivity contribution in [2.45, 2.75) is 38.8 Å². The van der Waals surface area contributed by atoms with E-state index in [9.17, 15) is 5.11 Å². The van der Waals surface area contributed by atoms with E-state index in [1.165, 1.54) is 5.69 Å². The fourth-order valence-electron chi connectivity index (χ4n) is 3.07. The predicted octanol–water partition coefficient (Wildman–Crippen LogP) is 1.27. The Morgan fingerprint density at radius 3 is 2.79 bits per heavy atom. The Balaban J connectivity index is 1.78. The van der Waals surface area contributed by atoms with Crippen molar-refractivity contribution in [3.8, 4) is 0 Å². The zero-order valence-corrected chi connectivity index (χ0v) is 15.4. The van der Waals surface area contributed by atoms with E-state index in [1.807, 2.05) is 0 Å². The van der Waals surface area contributed by atoms with Crippen molar-refractivity contribution in [1.29, 1.82) is 0 Å². The average Bonchev–Trinajstić information content (AvgIpc) is 2.97. The molecular weight excluding hydrogens is 302 g/mol. The number of aromatic nitrogens is 1. The van der Waals surface area contributed by atoms with Gasteiger partial charge in [-0.15, -0.1) is 0 Å². The number of rotatable bonds is 7. The van der Waals surface area contributed by atoms with Crippen molar-refractivity contribution in [3.05, 3.63) is 24.0 Å². The highest BCUT2D eigenvalue weighted by Crippen LogP contribution is 2.10. The smallest absolute Gasteiger partial charge is 0.194 e. The number of aryl methyl sites for hydroxylation is 1. The molecule has 0 atom stereocenters. The highest BCUT2D eigenvalue weighted by Gasteiger charge is 2.16. The molecule has 0 bridgehead atoms. The van der Waals surface area contributed by atoms with Gasteiger partial charge in [-0.3, -0.25) is 4.99 Å². The van der Waals surface area contributed by atoms with Crippen LogP contribution in [0.3, 0.4) is 0 Å². The van der Waals surface area contributed by atoms with Gasteiger partial charge >= 0.3 is 0 Å². The van der Waals surface area contributed by atoms with Crippen LogP contribution in [0.15, 0.2) is 23.3 Å². The first-order chi connectivity index (χ1) is 11.6. The van der Waals surface area contributed by atoms with E-state index in [1.54, 1.807) is 0 Å². The van der Waals surface area contributed by atoms with Gasteiger partial charge in [0, 0.05) is 52.2 Å². The number of nitrogens with zero attached hydrogens (tertiary/aromatic N) is 4.